The number of nitrogens with one attached hydrogen (secondary N) is 2. The number of nitrogens with zero attached hydrogens (tertiary/aromatic N) is 2. The highest BCUT2D eigenvalue weighted by molar-refractivity contribution is 6.31. The number of rotatable bonds is 5. The van der Waals surface area contributed by atoms with Gasteiger partial charge in [0.25, 0.3) is 11.5 Å². The molecule has 170 valence electrons. The zero-order valence-electron chi connectivity index (χ0n) is 18.9. The monoisotopic (exact) mass is 456 g/mol. The molecule has 7 nitrogen and oxygen atoms in total. The highest BCUT2D eigenvalue weighted by Crippen LogP contribution is 2.31. The Bertz CT molecular complexity index is 1220. The molecule has 32 heavy (non-hydrogen) atoms. The Labute approximate surface area is 192 Å². The maximum atomic E-state index is 13.2. The fraction of sp³-hybridized carbons (Fsp3) is 0.417. The van der Waals surface area contributed by atoms with Gasteiger partial charge in [0.2, 0.25) is 0 Å². The van der Waals surface area contributed by atoms with Crippen molar-refractivity contribution in [2.24, 2.45) is 0 Å². The van der Waals surface area contributed by atoms with Gasteiger partial charge in [-0.1, -0.05) is 11.6 Å². The van der Waals surface area contributed by atoms with E-state index in [9.17, 15) is 9.59 Å². The van der Waals surface area contributed by atoms with Crippen LogP contribution in [0.4, 0.5) is 5.82 Å². The number of amides is 1. The number of hydrogen-bond acceptors (Lipinski definition) is 4. The number of H-pyrrole nitrogens is 1. The topological polar surface area (TPSA) is 78.8 Å². The van der Waals surface area contributed by atoms with E-state index >= 15 is 0 Å². The second-order valence-corrected chi connectivity index (χ2v) is 8.98. The Kier molecular flexibility index (Phi) is 6.31. The molecule has 4 heterocycles. The Morgan fingerprint density at radius 2 is 1.97 bits per heavy atom. The van der Waals surface area contributed by atoms with E-state index in [0.29, 0.717) is 22.2 Å². The quantitative estimate of drug-likeness (QED) is 0.612. The molecule has 1 aliphatic heterocycles. The summed E-state index contributed by atoms with van der Waals surface area (Å²) in [6, 6.07) is 5.93. The Morgan fingerprint density at radius 1 is 1.25 bits per heavy atom. The molecule has 0 atom stereocenters. The van der Waals surface area contributed by atoms with Gasteiger partial charge in [-0.15, -0.1) is 0 Å². The lowest BCUT2D eigenvalue weighted by atomic mass is 10.0. The van der Waals surface area contributed by atoms with E-state index in [1.54, 1.807) is 0 Å². The van der Waals surface area contributed by atoms with E-state index in [0.717, 1.165) is 54.2 Å². The van der Waals surface area contributed by atoms with E-state index in [-0.39, 0.29) is 18.0 Å². The number of aromatic amines is 1. The second kappa shape index (κ2) is 9.00. The van der Waals surface area contributed by atoms with Crippen molar-refractivity contribution >= 4 is 28.8 Å². The van der Waals surface area contributed by atoms with Crippen molar-refractivity contribution in [1.29, 1.82) is 0 Å². The van der Waals surface area contributed by atoms with Crippen LogP contribution in [0.25, 0.3) is 5.52 Å². The molecule has 1 saturated heterocycles. The van der Waals surface area contributed by atoms with Crippen LogP contribution >= 0.6 is 11.6 Å². The van der Waals surface area contributed by atoms with Crippen LogP contribution in [-0.4, -0.2) is 41.6 Å². The second-order valence-electron chi connectivity index (χ2n) is 8.54. The fourth-order valence-electron chi connectivity index (χ4n) is 4.58. The van der Waals surface area contributed by atoms with E-state index in [1.807, 2.05) is 49.6 Å². The zero-order chi connectivity index (χ0) is 23.0. The summed E-state index contributed by atoms with van der Waals surface area (Å²) in [6.07, 6.45) is 3.74. The predicted octanol–water partition coefficient (Wildman–Crippen LogP) is 3.75. The van der Waals surface area contributed by atoms with Crippen LogP contribution < -0.4 is 15.8 Å². The molecule has 8 heteroatoms. The first-order chi connectivity index (χ1) is 15.3. The number of pyridine rings is 2. The van der Waals surface area contributed by atoms with Gasteiger partial charge < -0.3 is 24.3 Å². The van der Waals surface area contributed by atoms with Crippen molar-refractivity contribution in [1.82, 2.24) is 14.7 Å². The summed E-state index contributed by atoms with van der Waals surface area (Å²) in [5, 5.41) is 3.55. The molecule has 3 aromatic rings. The van der Waals surface area contributed by atoms with Gasteiger partial charge in [0.15, 0.2) is 0 Å². The highest BCUT2D eigenvalue weighted by Gasteiger charge is 2.25. The lowest BCUT2D eigenvalue weighted by molar-refractivity contribution is 0.0852. The zero-order valence-corrected chi connectivity index (χ0v) is 19.7. The summed E-state index contributed by atoms with van der Waals surface area (Å²) in [5.74, 6) is 0.721. The molecule has 0 bridgehead atoms. The summed E-state index contributed by atoms with van der Waals surface area (Å²) in [5.41, 5.74) is 4.34. The average molecular weight is 457 g/mol. The fourth-order valence-corrected chi connectivity index (χ4v) is 4.79. The largest absolute Gasteiger partial charge is 0.381 e. The van der Waals surface area contributed by atoms with Crippen molar-refractivity contribution < 1.29 is 9.53 Å². The Hall–Kier alpha value is -2.77. The van der Waals surface area contributed by atoms with E-state index in [1.165, 1.54) is 0 Å². The SMILES string of the molecule is Cc1cc(C)c(CNC(=O)c2cc3cc(Cl)cn3c(N(C)C3CCOCC3)c2C)c(=O)[nH]1. The molecule has 4 rings (SSSR count). The molecule has 3 aromatic heterocycles. The Balaban J connectivity index is 1.69. The molecule has 1 fully saturated rings. The van der Waals surface area contributed by atoms with Crippen molar-refractivity contribution in [2.75, 3.05) is 25.2 Å². The maximum absolute atomic E-state index is 13.2. The normalized spacial score (nSPS) is 14.7. The molecular weight excluding hydrogens is 428 g/mol. The number of aromatic nitrogens is 2. The number of carbonyl (C=O) groups is 1. The molecule has 2 N–H and O–H groups in total. The van der Waals surface area contributed by atoms with Crippen LogP contribution in [0, 0.1) is 20.8 Å². The van der Waals surface area contributed by atoms with Crippen molar-refractivity contribution in [3.05, 3.63) is 67.7 Å². The minimum atomic E-state index is -0.219. The predicted molar refractivity (Wildman–Crippen MR) is 127 cm³/mol. The van der Waals surface area contributed by atoms with Crippen LogP contribution in [-0.2, 0) is 11.3 Å². The molecule has 1 amide bonds. The first-order valence-corrected chi connectivity index (χ1v) is 11.2. The molecule has 0 saturated carbocycles. The average Bonchev–Trinajstić information content (AvgIpc) is 3.12. The van der Waals surface area contributed by atoms with E-state index < -0.39 is 0 Å². The highest BCUT2D eigenvalue weighted by atomic mass is 35.5. The smallest absolute Gasteiger partial charge is 0.253 e. The van der Waals surface area contributed by atoms with Crippen molar-refractivity contribution in [3.63, 3.8) is 0 Å². The van der Waals surface area contributed by atoms with Gasteiger partial charge in [0, 0.05) is 66.9 Å². The minimum Gasteiger partial charge on any atom is -0.381 e. The van der Waals surface area contributed by atoms with Gasteiger partial charge in [-0.25, -0.2) is 0 Å². The van der Waals surface area contributed by atoms with Crippen LogP contribution in [0.5, 0.6) is 0 Å². The summed E-state index contributed by atoms with van der Waals surface area (Å²) in [6.45, 7) is 7.30. The van der Waals surface area contributed by atoms with Gasteiger partial charge in [-0.3, -0.25) is 9.59 Å². The number of ether oxygens (including phenoxy) is 1. The number of halogens is 1. The molecule has 0 unspecified atom stereocenters. The summed E-state index contributed by atoms with van der Waals surface area (Å²) in [7, 11) is 2.06. The van der Waals surface area contributed by atoms with Gasteiger partial charge in [-0.2, -0.15) is 0 Å². The van der Waals surface area contributed by atoms with E-state index in [2.05, 4.69) is 22.2 Å². The third-order valence-corrected chi connectivity index (χ3v) is 6.52. The van der Waals surface area contributed by atoms with Crippen LogP contribution in [0.2, 0.25) is 5.02 Å². The standard InChI is InChI=1S/C24H29ClN4O3/c1-14-9-15(2)27-23(31)21(14)12-26-22(30)20-11-19-10-17(25)13-29(19)24(16(20)3)28(4)18-5-7-32-8-6-18/h9-11,13,18H,5-8,12H2,1-4H3,(H,26,30)(H,27,31). The third-order valence-electron chi connectivity index (χ3n) is 6.31. The summed E-state index contributed by atoms with van der Waals surface area (Å²) < 4.78 is 7.56. The number of aryl methyl sites for hydroxylation is 2. The van der Waals surface area contributed by atoms with Crippen LogP contribution in [0.3, 0.4) is 0 Å². The molecule has 0 aromatic carbocycles. The van der Waals surface area contributed by atoms with Gasteiger partial charge in [0.05, 0.1) is 5.02 Å². The van der Waals surface area contributed by atoms with Crippen molar-refractivity contribution in [2.45, 2.75) is 46.2 Å². The van der Waals surface area contributed by atoms with Crippen molar-refractivity contribution in [3.8, 4) is 0 Å². The third kappa shape index (κ3) is 4.27. The van der Waals surface area contributed by atoms with Crippen LogP contribution in [0.1, 0.15) is 45.6 Å². The summed E-state index contributed by atoms with van der Waals surface area (Å²) in [4.78, 5) is 30.6. The molecular formula is C24H29ClN4O3. The minimum absolute atomic E-state index is 0.164. The number of fused-ring (bicyclic) bond motifs is 1. The molecule has 0 radical (unpaired) electrons. The van der Waals surface area contributed by atoms with E-state index in [4.69, 9.17) is 16.3 Å². The first kappa shape index (κ1) is 22.4. The Morgan fingerprint density at radius 3 is 2.66 bits per heavy atom. The number of carbonyl (C=O) groups excluding carboxylic acids is 1. The van der Waals surface area contributed by atoms with Gasteiger partial charge in [-0.05, 0) is 57.4 Å². The van der Waals surface area contributed by atoms with Gasteiger partial charge >= 0.3 is 0 Å². The lowest BCUT2D eigenvalue weighted by Gasteiger charge is -2.34. The number of hydrogen-bond donors (Lipinski definition) is 2. The first-order valence-electron chi connectivity index (χ1n) is 10.9. The maximum Gasteiger partial charge on any atom is 0.253 e. The number of anilines is 1. The molecule has 0 aliphatic carbocycles. The molecule has 0 spiro atoms. The van der Waals surface area contributed by atoms with Crippen LogP contribution in [0.15, 0.2) is 29.2 Å². The molecule has 1 aliphatic rings. The summed E-state index contributed by atoms with van der Waals surface area (Å²) >= 11 is 6.32. The lowest BCUT2D eigenvalue weighted by Crippen LogP contribution is -2.38. The van der Waals surface area contributed by atoms with Gasteiger partial charge in [0.1, 0.15) is 5.82 Å².